The van der Waals surface area contributed by atoms with Crippen LogP contribution in [-0.2, 0) is 6.54 Å². The Morgan fingerprint density at radius 2 is 1.75 bits per heavy atom. The Morgan fingerprint density at radius 1 is 1.00 bits per heavy atom. The average molecular weight is 287 g/mol. The van der Waals surface area contributed by atoms with Gasteiger partial charge in [0.05, 0.1) is 14.2 Å². The highest BCUT2D eigenvalue weighted by Crippen LogP contribution is 2.43. The summed E-state index contributed by atoms with van der Waals surface area (Å²) in [5.41, 5.74) is 3.67. The van der Waals surface area contributed by atoms with Crippen LogP contribution in [0.2, 0.25) is 0 Å². The number of methoxy groups -OCH3 is 2. The molecule has 20 heavy (non-hydrogen) atoms. The number of fused-ring (bicyclic) bond motifs is 2. The maximum Gasteiger partial charge on any atom is 0.161 e. The zero-order valence-corrected chi connectivity index (χ0v) is 12.6. The van der Waals surface area contributed by atoms with Crippen LogP contribution in [0.3, 0.4) is 0 Å². The fourth-order valence-corrected chi connectivity index (χ4v) is 3.46. The van der Waals surface area contributed by atoms with Gasteiger partial charge in [0.2, 0.25) is 0 Å². The zero-order valence-electron chi connectivity index (χ0n) is 11.8. The second kappa shape index (κ2) is 5.29. The van der Waals surface area contributed by atoms with Crippen LogP contribution < -0.4 is 14.8 Å². The minimum absolute atomic E-state index is 0.773. The van der Waals surface area contributed by atoms with Gasteiger partial charge in [0, 0.05) is 22.0 Å². The van der Waals surface area contributed by atoms with E-state index in [1.165, 1.54) is 26.6 Å². The largest absolute Gasteiger partial charge is 0.493 e. The maximum absolute atomic E-state index is 5.40. The van der Waals surface area contributed by atoms with Crippen LogP contribution in [-0.4, -0.2) is 14.2 Å². The Hall–Kier alpha value is -1.81. The van der Waals surface area contributed by atoms with Gasteiger partial charge in [-0.05, 0) is 42.3 Å². The molecule has 0 aliphatic carbocycles. The van der Waals surface area contributed by atoms with Crippen molar-refractivity contribution in [3.63, 3.8) is 0 Å². The first-order valence-corrected chi connectivity index (χ1v) is 7.30. The fourth-order valence-electron chi connectivity index (χ4n) is 2.30. The molecule has 2 aromatic carbocycles. The fraction of sp³-hybridized carbons (Fsp3) is 0.250. The molecule has 2 aromatic rings. The third-order valence-corrected chi connectivity index (χ3v) is 4.55. The minimum Gasteiger partial charge on any atom is -0.493 e. The predicted octanol–water partition coefficient (Wildman–Crippen LogP) is 4.09. The number of benzene rings is 2. The molecule has 0 aromatic heterocycles. The van der Waals surface area contributed by atoms with Crippen LogP contribution in [0, 0.1) is 6.92 Å². The van der Waals surface area contributed by atoms with Gasteiger partial charge in [0.1, 0.15) is 0 Å². The summed E-state index contributed by atoms with van der Waals surface area (Å²) in [5, 5.41) is 3.48. The van der Waals surface area contributed by atoms with E-state index in [1.807, 2.05) is 6.07 Å². The van der Waals surface area contributed by atoms with Gasteiger partial charge in [-0.15, -0.1) is 0 Å². The maximum atomic E-state index is 5.40. The molecule has 104 valence electrons. The first kappa shape index (κ1) is 13.2. The van der Waals surface area contributed by atoms with Crippen molar-refractivity contribution in [3.05, 3.63) is 41.5 Å². The lowest BCUT2D eigenvalue weighted by Crippen LogP contribution is -2.00. The van der Waals surface area contributed by atoms with E-state index >= 15 is 0 Å². The van der Waals surface area contributed by atoms with Crippen molar-refractivity contribution in [2.75, 3.05) is 19.5 Å². The minimum atomic E-state index is 0.773. The third-order valence-electron chi connectivity index (χ3n) is 3.39. The summed E-state index contributed by atoms with van der Waals surface area (Å²) in [6.07, 6.45) is 0. The van der Waals surface area contributed by atoms with Gasteiger partial charge in [-0.3, -0.25) is 0 Å². The summed E-state index contributed by atoms with van der Waals surface area (Å²) >= 11 is 1.77. The van der Waals surface area contributed by atoms with Gasteiger partial charge in [-0.25, -0.2) is 0 Å². The number of rotatable bonds is 2. The van der Waals surface area contributed by atoms with Crippen molar-refractivity contribution in [2.45, 2.75) is 23.3 Å². The van der Waals surface area contributed by atoms with Gasteiger partial charge >= 0.3 is 0 Å². The molecule has 1 heterocycles. The highest BCUT2D eigenvalue weighted by Gasteiger charge is 2.17. The van der Waals surface area contributed by atoms with Crippen molar-refractivity contribution < 1.29 is 9.47 Å². The van der Waals surface area contributed by atoms with Crippen molar-refractivity contribution in [3.8, 4) is 11.5 Å². The van der Waals surface area contributed by atoms with Gasteiger partial charge in [0.25, 0.3) is 0 Å². The van der Waals surface area contributed by atoms with E-state index in [2.05, 4.69) is 36.5 Å². The molecule has 0 saturated carbocycles. The molecule has 0 spiro atoms. The SMILES string of the molecule is COc1cc2c(cc1OC)Sc1cc(C)ccc1NC2. The van der Waals surface area contributed by atoms with E-state index in [1.54, 1.807) is 26.0 Å². The molecule has 3 nitrogen and oxygen atoms in total. The number of anilines is 1. The Kier molecular flexibility index (Phi) is 3.49. The molecule has 0 radical (unpaired) electrons. The number of aryl methyl sites for hydroxylation is 1. The molecule has 0 fully saturated rings. The smallest absolute Gasteiger partial charge is 0.161 e. The molecule has 1 N–H and O–H groups in total. The van der Waals surface area contributed by atoms with Crippen molar-refractivity contribution >= 4 is 17.4 Å². The van der Waals surface area contributed by atoms with E-state index < -0.39 is 0 Å². The summed E-state index contributed by atoms with van der Waals surface area (Å²) in [6.45, 7) is 2.90. The molecule has 0 amide bonds. The molecule has 1 aliphatic rings. The number of hydrogen-bond donors (Lipinski definition) is 1. The molecular weight excluding hydrogens is 270 g/mol. The van der Waals surface area contributed by atoms with Gasteiger partial charge in [-0.2, -0.15) is 0 Å². The summed E-state index contributed by atoms with van der Waals surface area (Å²) in [6, 6.07) is 10.6. The van der Waals surface area contributed by atoms with Gasteiger partial charge in [0.15, 0.2) is 11.5 Å². The quantitative estimate of drug-likeness (QED) is 0.901. The van der Waals surface area contributed by atoms with Crippen LogP contribution in [0.5, 0.6) is 11.5 Å². The summed E-state index contributed by atoms with van der Waals surface area (Å²) in [5.74, 6) is 1.55. The Balaban J connectivity index is 2.07. The molecular formula is C16H17NO2S. The lowest BCUT2D eigenvalue weighted by molar-refractivity contribution is 0.353. The lowest BCUT2D eigenvalue weighted by atomic mass is 10.2. The first-order chi connectivity index (χ1) is 9.71. The van der Waals surface area contributed by atoms with Crippen molar-refractivity contribution in [2.24, 2.45) is 0 Å². The van der Waals surface area contributed by atoms with Gasteiger partial charge < -0.3 is 14.8 Å². The molecule has 0 unspecified atom stereocenters. The van der Waals surface area contributed by atoms with Crippen LogP contribution in [0.4, 0.5) is 5.69 Å². The average Bonchev–Trinajstić information content (AvgIpc) is 2.63. The Labute approximate surface area is 123 Å². The lowest BCUT2D eigenvalue weighted by Gasteiger charge is -2.12. The second-order valence-corrected chi connectivity index (χ2v) is 5.85. The molecule has 0 bridgehead atoms. The normalized spacial score (nSPS) is 12.8. The molecule has 3 rings (SSSR count). The topological polar surface area (TPSA) is 30.5 Å². The van der Waals surface area contributed by atoms with E-state index in [0.29, 0.717) is 0 Å². The number of hydrogen-bond acceptors (Lipinski definition) is 4. The number of ether oxygens (including phenoxy) is 2. The summed E-state index contributed by atoms with van der Waals surface area (Å²) < 4.78 is 10.8. The van der Waals surface area contributed by atoms with E-state index in [-0.39, 0.29) is 0 Å². The van der Waals surface area contributed by atoms with E-state index in [0.717, 1.165) is 18.0 Å². The monoisotopic (exact) mass is 287 g/mol. The molecule has 0 saturated heterocycles. The van der Waals surface area contributed by atoms with Crippen LogP contribution in [0.1, 0.15) is 11.1 Å². The van der Waals surface area contributed by atoms with Crippen LogP contribution >= 0.6 is 11.8 Å². The van der Waals surface area contributed by atoms with E-state index in [9.17, 15) is 0 Å². The third kappa shape index (κ3) is 2.31. The molecule has 0 atom stereocenters. The Bertz CT molecular complexity index is 655. The highest BCUT2D eigenvalue weighted by molar-refractivity contribution is 7.99. The van der Waals surface area contributed by atoms with E-state index in [4.69, 9.17) is 9.47 Å². The second-order valence-electron chi connectivity index (χ2n) is 4.77. The zero-order chi connectivity index (χ0) is 14.1. The molecule has 1 aliphatic heterocycles. The standard InChI is InChI=1S/C16H17NO2S/c1-10-4-5-12-16(6-10)20-15-8-14(19-3)13(18-2)7-11(15)9-17-12/h4-8,17H,9H2,1-3H3. The number of nitrogens with one attached hydrogen (secondary N) is 1. The highest BCUT2D eigenvalue weighted by atomic mass is 32.2. The van der Waals surface area contributed by atoms with Crippen molar-refractivity contribution in [1.29, 1.82) is 0 Å². The van der Waals surface area contributed by atoms with Crippen LogP contribution in [0.25, 0.3) is 0 Å². The Morgan fingerprint density at radius 3 is 2.50 bits per heavy atom. The van der Waals surface area contributed by atoms with Crippen LogP contribution in [0.15, 0.2) is 40.1 Å². The van der Waals surface area contributed by atoms with Gasteiger partial charge in [-0.1, -0.05) is 17.8 Å². The summed E-state index contributed by atoms with van der Waals surface area (Å²) in [7, 11) is 3.33. The van der Waals surface area contributed by atoms with Crippen molar-refractivity contribution in [1.82, 2.24) is 0 Å². The predicted molar refractivity (Wildman–Crippen MR) is 82.2 cm³/mol. The molecule has 4 heteroatoms. The summed E-state index contributed by atoms with van der Waals surface area (Å²) in [4.78, 5) is 2.45. The first-order valence-electron chi connectivity index (χ1n) is 6.48.